The van der Waals surface area contributed by atoms with Gasteiger partial charge in [0, 0.05) is 19.1 Å². The van der Waals surface area contributed by atoms with Crippen LogP contribution in [0.2, 0.25) is 0 Å². The number of hydrogen-bond donors (Lipinski definition) is 4. The Hall–Kier alpha value is -0.290. The van der Waals surface area contributed by atoms with Crippen LogP contribution in [0.5, 0.6) is 0 Å². The molecular weight excluding hydrogens is 574 g/mol. The molecule has 4 N–H and O–H groups in total. The number of aliphatic hydroxyl groups excluding tert-OH is 1. The summed E-state index contributed by atoms with van der Waals surface area (Å²) in [4.78, 5) is 2.61. The van der Waals surface area contributed by atoms with Gasteiger partial charge in [-0.05, 0) is 155 Å². The van der Waals surface area contributed by atoms with Crippen molar-refractivity contribution in [2.24, 2.45) is 52.3 Å². The molecule has 1 saturated heterocycles. The standard InChI is InChI=1S/C35H65N3O5S/c1-24(2)32(43-44(40,41)42)11-8-25(3)28-9-10-29-33-30(13-15-35(28,29)5)34(4)14-12-27(22-26(34)23-31(33)39)37-17-7-20-38-19-6-16-36-18-21-38/h24-33,36-37,39H,6-23H2,1-5H3,(H,40,41,42)/t25-,26-,27+,28-,29?,30?,31?,32-,33?,34+,35-/m1/s1. The predicted octanol–water partition coefficient (Wildman–Crippen LogP) is 5.52. The first kappa shape index (κ1) is 35.0. The highest BCUT2D eigenvalue weighted by atomic mass is 32.3. The van der Waals surface area contributed by atoms with Gasteiger partial charge in [-0.15, -0.1) is 0 Å². The Bertz CT molecular complexity index is 1040. The lowest BCUT2D eigenvalue weighted by molar-refractivity contribution is -0.167. The minimum Gasteiger partial charge on any atom is -0.393 e. The lowest BCUT2D eigenvalue weighted by Crippen LogP contribution is -2.59. The molecule has 5 aliphatic rings. The second kappa shape index (κ2) is 14.4. The average molecular weight is 640 g/mol. The van der Waals surface area contributed by atoms with E-state index < -0.39 is 16.5 Å². The van der Waals surface area contributed by atoms with Gasteiger partial charge in [0.05, 0.1) is 12.2 Å². The van der Waals surface area contributed by atoms with Gasteiger partial charge in [-0.1, -0.05) is 34.6 Å². The van der Waals surface area contributed by atoms with Crippen LogP contribution in [0.4, 0.5) is 0 Å². The van der Waals surface area contributed by atoms with Crippen LogP contribution in [-0.4, -0.2) is 80.5 Å². The molecule has 4 aliphatic carbocycles. The third-order valence-corrected chi connectivity index (χ3v) is 14.3. The van der Waals surface area contributed by atoms with Crippen LogP contribution in [0.3, 0.4) is 0 Å². The van der Waals surface area contributed by atoms with E-state index in [0.29, 0.717) is 53.4 Å². The number of hydrogen-bond acceptors (Lipinski definition) is 7. The second-order valence-corrected chi connectivity index (χ2v) is 17.7. The molecule has 1 heterocycles. The fourth-order valence-electron chi connectivity index (χ4n) is 11.4. The molecule has 0 aromatic carbocycles. The van der Waals surface area contributed by atoms with Crippen LogP contribution in [0.25, 0.3) is 0 Å². The zero-order chi connectivity index (χ0) is 31.7. The van der Waals surface area contributed by atoms with Crippen molar-refractivity contribution in [3.8, 4) is 0 Å². The molecule has 9 heteroatoms. The Labute approximate surface area is 269 Å². The summed E-state index contributed by atoms with van der Waals surface area (Å²) in [5.41, 5.74) is 0.563. The normalized spacial score (nSPS) is 41.4. The Morgan fingerprint density at radius 2 is 1.73 bits per heavy atom. The van der Waals surface area contributed by atoms with Gasteiger partial charge >= 0.3 is 10.4 Å². The van der Waals surface area contributed by atoms with Crippen LogP contribution in [-0.2, 0) is 14.6 Å². The summed E-state index contributed by atoms with van der Waals surface area (Å²) in [6.45, 7) is 18.3. The van der Waals surface area contributed by atoms with Crippen LogP contribution in [0, 0.1) is 52.3 Å². The van der Waals surface area contributed by atoms with Gasteiger partial charge in [0.1, 0.15) is 0 Å². The van der Waals surface area contributed by atoms with Crippen molar-refractivity contribution in [1.82, 2.24) is 15.5 Å². The van der Waals surface area contributed by atoms with Gasteiger partial charge in [-0.2, -0.15) is 8.42 Å². The number of rotatable bonds is 12. The molecule has 44 heavy (non-hydrogen) atoms. The van der Waals surface area contributed by atoms with E-state index in [-0.39, 0.29) is 17.4 Å². The molecule has 11 atom stereocenters. The van der Waals surface area contributed by atoms with Crippen molar-refractivity contribution in [2.75, 3.05) is 39.3 Å². The molecule has 5 fully saturated rings. The lowest BCUT2D eigenvalue weighted by atomic mass is 9.43. The van der Waals surface area contributed by atoms with E-state index in [1.54, 1.807) is 0 Å². The zero-order valence-corrected chi connectivity index (χ0v) is 29.3. The van der Waals surface area contributed by atoms with Crippen LogP contribution >= 0.6 is 0 Å². The minimum absolute atomic E-state index is 0.0183. The fraction of sp³-hybridized carbons (Fsp3) is 1.00. The molecule has 0 amide bonds. The summed E-state index contributed by atoms with van der Waals surface area (Å²) in [5, 5.41) is 19.3. The molecule has 8 nitrogen and oxygen atoms in total. The molecule has 0 aromatic heterocycles. The summed E-state index contributed by atoms with van der Waals surface area (Å²) in [6, 6.07) is 0.590. The molecule has 256 valence electrons. The van der Waals surface area contributed by atoms with Gasteiger partial charge < -0.3 is 20.6 Å². The van der Waals surface area contributed by atoms with Crippen molar-refractivity contribution in [2.45, 2.75) is 130 Å². The fourth-order valence-corrected chi connectivity index (χ4v) is 12.0. The molecule has 4 saturated carbocycles. The van der Waals surface area contributed by atoms with E-state index in [9.17, 15) is 18.1 Å². The number of aliphatic hydroxyl groups is 1. The largest absolute Gasteiger partial charge is 0.397 e. The van der Waals surface area contributed by atoms with Crippen LogP contribution in [0.1, 0.15) is 112 Å². The van der Waals surface area contributed by atoms with E-state index in [1.165, 1.54) is 77.4 Å². The van der Waals surface area contributed by atoms with Crippen molar-refractivity contribution in [3.63, 3.8) is 0 Å². The maximum Gasteiger partial charge on any atom is 0.397 e. The molecule has 4 unspecified atom stereocenters. The number of fused-ring (bicyclic) bond motifs is 5. The van der Waals surface area contributed by atoms with E-state index in [2.05, 4.69) is 36.3 Å². The Balaban J connectivity index is 1.15. The first-order valence-corrected chi connectivity index (χ1v) is 19.7. The van der Waals surface area contributed by atoms with Gasteiger partial charge in [0.2, 0.25) is 0 Å². The Kier molecular flexibility index (Phi) is 11.5. The summed E-state index contributed by atoms with van der Waals surface area (Å²) in [6.07, 6.45) is 12.9. The van der Waals surface area contributed by atoms with Crippen molar-refractivity contribution in [3.05, 3.63) is 0 Å². The van der Waals surface area contributed by atoms with Crippen molar-refractivity contribution in [1.29, 1.82) is 0 Å². The molecule has 0 radical (unpaired) electrons. The SMILES string of the molecule is CC(C)[C@@H](CC[C@@H](C)[C@H]1CCC2C3C(O)C[C@H]4C[C@@H](NCCCN5CCCNCC5)CC[C@]4(C)C3CC[C@@]21C)OS(=O)(=O)O. The van der Waals surface area contributed by atoms with Crippen LogP contribution < -0.4 is 10.6 Å². The molecule has 0 aromatic rings. The molecule has 5 rings (SSSR count). The van der Waals surface area contributed by atoms with Crippen LogP contribution in [0.15, 0.2) is 0 Å². The molecule has 0 bridgehead atoms. The monoisotopic (exact) mass is 639 g/mol. The minimum atomic E-state index is -4.45. The maximum atomic E-state index is 11.8. The van der Waals surface area contributed by atoms with Gasteiger partial charge in [-0.25, -0.2) is 4.18 Å². The highest BCUT2D eigenvalue weighted by molar-refractivity contribution is 7.80. The second-order valence-electron chi connectivity index (χ2n) is 16.6. The predicted molar refractivity (Wildman–Crippen MR) is 177 cm³/mol. The van der Waals surface area contributed by atoms with E-state index in [0.717, 1.165) is 32.5 Å². The lowest BCUT2D eigenvalue weighted by Gasteiger charge is -2.62. The van der Waals surface area contributed by atoms with Crippen molar-refractivity contribution >= 4 is 10.4 Å². The summed E-state index contributed by atoms with van der Waals surface area (Å²) < 4.78 is 37.2. The molecule has 0 spiro atoms. The van der Waals surface area contributed by atoms with Gasteiger partial charge in [0.15, 0.2) is 0 Å². The topological polar surface area (TPSA) is 111 Å². The third kappa shape index (κ3) is 7.71. The first-order valence-electron chi connectivity index (χ1n) is 18.3. The quantitative estimate of drug-likeness (QED) is 0.163. The summed E-state index contributed by atoms with van der Waals surface area (Å²) in [7, 11) is -4.45. The van der Waals surface area contributed by atoms with Gasteiger partial charge in [0.25, 0.3) is 0 Å². The Morgan fingerprint density at radius 3 is 2.48 bits per heavy atom. The van der Waals surface area contributed by atoms with E-state index in [1.807, 2.05) is 13.8 Å². The first-order chi connectivity index (χ1) is 20.8. The molecular formula is C35H65N3O5S. The number of nitrogens with one attached hydrogen (secondary N) is 2. The Morgan fingerprint density at radius 1 is 0.977 bits per heavy atom. The average Bonchev–Trinajstić information content (AvgIpc) is 3.11. The highest BCUT2D eigenvalue weighted by Crippen LogP contribution is 2.68. The van der Waals surface area contributed by atoms with E-state index in [4.69, 9.17) is 4.18 Å². The van der Waals surface area contributed by atoms with E-state index >= 15 is 0 Å². The number of nitrogens with zero attached hydrogens (tertiary/aromatic N) is 1. The highest BCUT2D eigenvalue weighted by Gasteiger charge is 2.62. The van der Waals surface area contributed by atoms with Crippen molar-refractivity contribution < 1.29 is 22.3 Å². The zero-order valence-electron chi connectivity index (χ0n) is 28.5. The molecule has 1 aliphatic heterocycles. The maximum absolute atomic E-state index is 11.8. The summed E-state index contributed by atoms with van der Waals surface area (Å²) in [5.74, 6) is 3.26. The smallest absolute Gasteiger partial charge is 0.393 e. The third-order valence-electron chi connectivity index (χ3n) is 13.9. The van der Waals surface area contributed by atoms with Gasteiger partial charge in [-0.3, -0.25) is 4.55 Å². The summed E-state index contributed by atoms with van der Waals surface area (Å²) >= 11 is 0.